The largest absolute Gasteiger partial charge is 0.444 e. The number of nitrogens with one attached hydrogen (secondary N) is 2. The molecule has 0 atom stereocenters. The molecule has 8 nitrogen and oxygen atoms in total. The number of carbonyl (C=O) groups is 3. The average Bonchev–Trinajstić information content (AvgIpc) is 2.99. The van der Waals surface area contributed by atoms with Crippen molar-refractivity contribution in [3.05, 3.63) is 16.0 Å². The van der Waals surface area contributed by atoms with Crippen LogP contribution in [-0.4, -0.2) is 54.1 Å². The third kappa shape index (κ3) is 5.95. The molecule has 1 aliphatic carbocycles. The predicted octanol–water partition coefficient (Wildman–Crippen LogP) is 2.65. The van der Waals surface area contributed by atoms with E-state index in [9.17, 15) is 14.4 Å². The van der Waals surface area contributed by atoms with Crippen molar-refractivity contribution in [2.45, 2.75) is 70.9 Å². The van der Waals surface area contributed by atoms with Crippen molar-refractivity contribution in [3.8, 4) is 0 Å². The van der Waals surface area contributed by atoms with Gasteiger partial charge < -0.3 is 21.1 Å². The van der Waals surface area contributed by atoms with Gasteiger partial charge in [0.2, 0.25) is 5.91 Å². The first-order valence-corrected chi connectivity index (χ1v) is 11.4. The fourth-order valence-corrected chi connectivity index (χ4v) is 5.30. The number of piperidine rings is 1. The van der Waals surface area contributed by atoms with Crippen molar-refractivity contribution in [1.29, 1.82) is 0 Å². The summed E-state index contributed by atoms with van der Waals surface area (Å²) in [7, 11) is 0. The van der Waals surface area contributed by atoms with Gasteiger partial charge in [0.15, 0.2) is 0 Å². The minimum atomic E-state index is -0.520. The zero-order valence-electron chi connectivity index (χ0n) is 18.0. The van der Waals surface area contributed by atoms with E-state index in [-0.39, 0.29) is 18.5 Å². The smallest absolute Gasteiger partial charge is 0.407 e. The highest BCUT2D eigenvalue weighted by molar-refractivity contribution is 7.17. The molecule has 1 aromatic rings. The minimum absolute atomic E-state index is 0.0460. The Morgan fingerprint density at radius 1 is 1.17 bits per heavy atom. The number of anilines is 1. The quantitative estimate of drug-likeness (QED) is 0.657. The third-order valence-corrected chi connectivity index (χ3v) is 6.55. The van der Waals surface area contributed by atoms with Crippen LogP contribution < -0.4 is 16.4 Å². The molecule has 3 amide bonds. The van der Waals surface area contributed by atoms with Gasteiger partial charge >= 0.3 is 6.09 Å². The second-order valence-corrected chi connectivity index (χ2v) is 10.1. The van der Waals surface area contributed by atoms with Gasteiger partial charge in [-0.15, -0.1) is 11.3 Å². The number of thiophene rings is 1. The van der Waals surface area contributed by atoms with E-state index in [1.54, 1.807) is 0 Å². The number of primary amides is 1. The average molecular weight is 437 g/mol. The number of ether oxygens (including phenoxy) is 1. The number of amides is 3. The standard InChI is InChI=1S/C21H32N4O4S/c1-21(2,3)29-20(28)23-13-8-10-25(11-9-13)12-16(26)24-19-17(18(22)27)14-6-4-5-7-15(14)30-19/h13H,4-12H2,1-3H3,(H2,22,27)(H,23,28)(H,24,26). The summed E-state index contributed by atoms with van der Waals surface area (Å²) >= 11 is 1.48. The molecule has 30 heavy (non-hydrogen) atoms. The highest BCUT2D eigenvalue weighted by Gasteiger charge is 2.27. The zero-order chi connectivity index (χ0) is 21.9. The summed E-state index contributed by atoms with van der Waals surface area (Å²) in [6.45, 7) is 7.17. The Balaban J connectivity index is 1.49. The Labute approximate surface area is 181 Å². The topological polar surface area (TPSA) is 114 Å². The van der Waals surface area contributed by atoms with Gasteiger partial charge in [-0.25, -0.2) is 4.79 Å². The number of fused-ring (bicyclic) bond motifs is 1. The number of carbonyl (C=O) groups excluding carboxylic acids is 3. The van der Waals surface area contributed by atoms with Gasteiger partial charge in [-0.1, -0.05) is 0 Å². The van der Waals surface area contributed by atoms with Crippen LogP contribution in [0.3, 0.4) is 0 Å². The van der Waals surface area contributed by atoms with E-state index in [0.717, 1.165) is 44.1 Å². The Kier molecular flexibility index (Phi) is 7.02. The second kappa shape index (κ2) is 9.34. The maximum Gasteiger partial charge on any atom is 0.407 e. The molecular weight excluding hydrogens is 404 g/mol. The van der Waals surface area contributed by atoms with E-state index in [1.165, 1.54) is 16.2 Å². The summed E-state index contributed by atoms with van der Waals surface area (Å²) in [5, 5.41) is 6.40. The van der Waals surface area contributed by atoms with Gasteiger partial charge in [0.05, 0.1) is 12.1 Å². The highest BCUT2D eigenvalue weighted by Crippen LogP contribution is 2.37. The Bertz CT molecular complexity index is 807. The third-order valence-electron chi connectivity index (χ3n) is 5.35. The molecule has 0 radical (unpaired) electrons. The normalized spacial score (nSPS) is 17.8. The monoisotopic (exact) mass is 436 g/mol. The molecule has 1 aromatic heterocycles. The van der Waals surface area contributed by atoms with Gasteiger partial charge in [0, 0.05) is 24.0 Å². The Morgan fingerprint density at radius 3 is 2.47 bits per heavy atom. The van der Waals surface area contributed by atoms with Crippen molar-refractivity contribution >= 4 is 34.2 Å². The predicted molar refractivity (Wildman–Crippen MR) is 117 cm³/mol. The van der Waals surface area contributed by atoms with Crippen LogP contribution in [0, 0.1) is 0 Å². The number of rotatable bonds is 5. The van der Waals surface area contributed by atoms with Crippen LogP contribution >= 0.6 is 11.3 Å². The lowest BCUT2D eigenvalue weighted by molar-refractivity contribution is -0.117. The number of hydrogen-bond donors (Lipinski definition) is 3. The van der Waals surface area contributed by atoms with Crippen LogP contribution in [0.2, 0.25) is 0 Å². The molecule has 166 valence electrons. The fourth-order valence-electron chi connectivity index (χ4n) is 3.99. The molecule has 0 saturated carbocycles. The van der Waals surface area contributed by atoms with Crippen LogP contribution in [-0.2, 0) is 22.4 Å². The fraction of sp³-hybridized carbons (Fsp3) is 0.667. The molecule has 1 aliphatic heterocycles. The highest BCUT2D eigenvalue weighted by atomic mass is 32.1. The second-order valence-electron chi connectivity index (χ2n) is 9.02. The number of likely N-dealkylation sites (tertiary alicyclic amines) is 1. The molecule has 2 aliphatic rings. The molecule has 1 saturated heterocycles. The van der Waals surface area contributed by atoms with Gasteiger partial charge in [0.25, 0.3) is 5.91 Å². The Morgan fingerprint density at radius 2 is 1.83 bits per heavy atom. The van der Waals surface area contributed by atoms with Crippen molar-refractivity contribution in [2.24, 2.45) is 5.73 Å². The zero-order valence-corrected chi connectivity index (χ0v) is 18.8. The summed E-state index contributed by atoms with van der Waals surface area (Å²) in [6.07, 6.45) is 5.04. The molecule has 9 heteroatoms. The number of aryl methyl sites for hydroxylation is 1. The molecule has 2 heterocycles. The maximum absolute atomic E-state index is 12.6. The molecule has 0 spiro atoms. The Hall–Kier alpha value is -2.13. The summed E-state index contributed by atoms with van der Waals surface area (Å²) < 4.78 is 5.30. The first-order valence-electron chi connectivity index (χ1n) is 10.6. The molecular formula is C21H32N4O4S. The van der Waals surface area contributed by atoms with Crippen LogP contribution in [0.5, 0.6) is 0 Å². The summed E-state index contributed by atoms with van der Waals surface area (Å²) in [6, 6.07) is 0.0460. The molecule has 0 unspecified atom stereocenters. The van der Waals surface area contributed by atoms with Crippen LogP contribution in [0.25, 0.3) is 0 Å². The molecule has 4 N–H and O–H groups in total. The maximum atomic E-state index is 12.6. The first kappa shape index (κ1) is 22.6. The van der Waals surface area contributed by atoms with E-state index >= 15 is 0 Å². The van der Waals surface area contributed by atoms with Gasteiger partial charge in [-0.3, -0.25) is 14.5 Å². The van der Waals surface area contributed by atoms with Gasteiger partial charge in [-0.05, 0) is 64.9 Å². The number of hydrogen-bond acceptors (Lipinski definition) is 6. The van der Waals surface area contributed by atoms with Crippen LogP contribution in [0.15, 0.2) is 0 Å². The van der Waals surface area contributed by atoms with Gasteiger partial charge in [-0.2, -0.15) is 0 Å². The van der Waals surface area contributed by atoms with Crippen LogP contribution in [0.1, 0.15) is 67.3 Å². The molecule has 0 bridgehead atoms. The lowest BCUT2D eigenvalue weighted by atomic mass is 9.95. The van der Waals surface area contributed by atoms with Crippen LogP contribution in [0.4, 0.5) is 9.80 Å². The summed E-state index contributed by atoms with van der Waals surface area (Å²) in [5.41, 5.74) is 6.58. The van der Waals surface area contributed by atoms with E-state index in [0.29, 0.717) is 23.7 Å². The van der Waals surface area contributed by atoms with Gasteiger partial charge in [0.1, 0.15) is 10.6 Å². The first-order chi connectivity index (χ1) is 14.1. The molecule has 1 fully saturated rings. The summed E-state index contributed by atoms with van der Waals surface area (Å²) in [5.74, 6) is -0.617. The molecule has 3 rings (SSSR count). The lowest BCUT2D eigenvalue weighted by Gasteiger charge is -2.32. The van der Waals surface area contributed by atoms with E-state index in [2.05, 4.69) is 15.5 Å². The SMILES string of the molecule is CC(C)(C)OC(=O)NC1CCN(CC(=O)Nc2sc3c(c2C(N)=O)CCCC3)CC1. The minimum Gasteiger partial charge on any atom is -0.444 e. The lowest BCUT2D eigenvalue weighted by Crippen LogP contribution is -2.47. The van der Waals surface area contributed by atoms with Crippen molar-refractivity contribution in [3.63, 3.8) is 0 Å². The van der Waals surface area contributed by atoms with E-state index < -0.39 is 17.6 Å². The number of nitrogens with two attached hydrogens (primary N) is 1. The van der Waals surface area contributed by atoms with Crippen molar-refractivity contribution in [2.75, 3.05) is 25.0 Å². The number of nitrogens with zero attached hydrogens (tertiary/aromatic N) is 1. The van der Waals surface area contributed by atoms with E-state index in [4.69, 9.17) is 10.5 Å². The van der Waals surface area contributed by atoms with Crippen molar-refractivity contribution in [1.82, 2.24) is 10.2 Å². The number of alkyl carbamates (subject to hydrolysis) is 1. The van der Waals surface area contributed by atoms with E-state index in [1.807, 2.05) is 20.8 Å². The van der Waals surface area contributed by atoms with Crippen molar-refractivity contribution < 1.29 is 19.1 Å². The molecule has 0 aromatic carbocycles. The summed E-state index contributed by atoms with van der Waals surface area (Å²) in [4.78, 5) is 39.7.